The summed E-state index contributed by atoms with van der Waals surface area (Å²) < 4.78 is 1.95. The van der Waals surface area contributed by atoms with Gasteiger partial charge in [-0.3, -0.25) is 0 Å². The van der Waals surface area contributed by atoms with Crippen LogP contribution in [-0.2, 0) is 0 Å². The summed E-state index contributed by atoms with van der Waals surface area (Å²) in [5.74, 6) is 0. The molecule has 0 aromatic heterocycles. The van der Waals surface area contributed by atoms with Gasteiger partial charge in [-0.2, -0.15) is 0 Å². The van der Waals surface area contributed by atoms with Gasteiger partial charge in [0.25, 0.3) is 0 Å². The number of unbranched alkanes of at least 4 members (excludes halogenated alkanes) is 1. The van der Waals surface area contributed by atoms with E-state index in [2.05, 4.69) is 20.6 Å². The molecule has 0 radical (unpaired) electrons. The Hall–Kier alpha value is -0.370. The van der Waals surface area contributed by atoms with Gasteiger partial charge in [0.2, 0.25) is 0 Å². The van der Waals surface area contributed by atoms with Crippen molar-refractivity contribution in [2.45, 2.75) is 39.2 Å². The first-order chi connectivity index (χ1) is 5.22. The van der Waals surface area contributed by atoms with E-state index in [4.69, 9.17) is 5.11 Å². The second-order valence-electron chi connectivity index (χ2n) is 3.03. The predicted octanol–water partition coefficient (Wildman–Crippen LogP) is 1.27. The second-order valence-corrected chi connectivity index (χ2v) is 3.03. The molecule has 2 heteroatoms. The van der Waals surface area contributed by atoms with E-state index in [0.717, 1.165) is 0 Å². The van der Waals surface area contributed by atoms with Crippen LogP contribution in [0.15, 0.2) is 0 Å². The van der Waals surface area contributed by atoms with Crippen molar-refractivity contribution in [3.05, 3.63) is 0 Å². The minimum Gasteiger partial charge on any atom is -0.390 e. The van der Waals surface area contributed by atoms with E-state index in [9.17, 15) is 0 Å². The standard InChI is InChI=1S/C9H20NO/c1-4-5-6-9(2)10(3)7-8-11/h9,11H,3-8H2,1-2H3/q+1. The summed E-state index contributed by atoms with van der Waals surface area (Å²) >= 11 is 0. The summed E-state index contributed by atoms with van der Waals surface area (Å²) in [5.41, 5.74) is 0. The Kier molecular flexibility index (Phi) is 6.13. The minimum atomic E-state index is 0.208. The SMILES string of the molecule is C=[N+](CCO)C(C)CCCC. The average Bonchev–Trinajstić information content (AvgIpc) is 2.00. The first-order valence-electron chi connectivity index (χ1n) is 4.40. The van der Waals surface area contributed by atoms with Crippen LogP contribution < -0.4 is 0 Å². The molecule has 0 heterocycles. The molecule has 0 saturated heterocycles. The second kappa shape index (κ2) is 6.35. The van der Waals surface area contributed by atoms with Crippen LogP contribution in [0.4, 0.5) is 0 Å². The van der Waals surface area contributed by atoms with Crippen LogP contribution in [0.3, 0.4) is 0 Å². The van der Waals surface area contributed by atoms with Crippen LogP contribution in [0.1, 0.15) is 33.1 Å². The smallest absolute Gasteiger partial charge is 0.165 e. The summed E-state index contributed by atoms with van der Waals surface area (Å²) in [4.78, 5) is 0. The van der Waals surface area contributed by atoms with Crippen LogP contribution in [-0.4, -0.2) is 35.6 Å². The van der Waals surface area contributed by atoms with E-state index in [1.807, 2.05) is 4.58 Å². The maximum atomic E-state index is 8.63. The zero-order chi connectivity index (χ0) is 8.69. The van der Waals surface area contributed by atoms with E-state index >= 15 is 0 Å². The van der Waals surface area contributed by atoms with Crippen molar-refractivity contribution in [3.8, 4) is 0 Å². The lowest BCUT2D eigenvalue weighted by Gasteiger charge is -2.08. The van der Waals surface area contributed by atoms with E-state index in [0.29, 0.717) is 12.6 Å². The van der Waals surface area contributed by atoms with Crippen molar-refractivity contribution < 1.29 is 9.68 Å². The lowest BCUT2D eigenvalue weighted by Crippen LogP contribution is -2.24. The van der Waals surface area contributed by atoms with Crippen molar-refractivity contribution in [1.29, 1.82) is 0 Å². The van der Waals surface area contributed by atoms with Crippen LogP contribution in [0, 0.1) is 0 Å². The molecule has 1 unspecified atom stereocenters. The number of aliphatic hydroxyl groups is 1. The third-order valence-electron chi connectivity index (χ3n) is 1.99. The molecule has 1 atom stereocenters. The maximum absolute atomic E-state index is 8.63. The zero-order valence-electron chi connectivity index (χ0n) is 7.71. The molecule has 0 aliphatic rings. The molecule has 0 aliphatic heterocycles. The van der Waals surface area contributed by atoms with Crippen molar-refractivity contribution >= 4 is 6.72 Å². The number of hydrogen-bond donors (Lipinski definition) is 1. The van der Waals surface area contributed by atoms with Gasteiger partial charge < -0.3 is 5.11 Å². The molecule has 1 N–H and O–H groups in total. The highest BCUT2D eigenvalue weighted by Gasteiger charge is 2.10. The molecule has 0 bridgehead atoms. The first-order valence-corrected chi connectivity index (χ1v) is 4.40. The van der Waals surface area contributed by atoms with Gasteiger partial charge in [0.1, 0.15) is 19.4 Å². The highest BCUT2D eigenvalue weighted by molar-refractivity contribution is 5.14. The van der Waals surface area contributed by atoms with Gasteiger partial charge in [0, 0.05) is 6.42 Å². The highest BCUT2D eigenvalue weighted by atomic mass is 16.3. The number of rotatable bonds is 6. The van der Waals surface area contributed by atoms with E-state index in [-0.39, 0.29) is 6.61 Å². The Balaban J connectivity index is 3.46. The predicted molar refractivity (Wildman–Crippen MR) is 48.3 cm³/mol. The Morgan fingerprint density at radius 3 is 2.64 bits per heavy atom. The van der Waals surface area contributed by atoms with Gasteiger partial charge in [-0.15, -0.1) is 0 Å². The molecule has 66 valence electrons. The molecule has 0 aromatic carbocycles. The first kappa shape index (κ1) is 10.6. The fraction of sp³-hybridized carbons (Fsp3) is 0.889. The summed E-state index contributed by atoms with van der Waals surface area (Å²) in [6.45, 7) is 9.09. The van der Waals surface area contributed by atoms with E-state index < -0.39 is 0 Å². The molecular formula is C9H20NO+. The lowest BCUT2D eigenvalue weighted by molar-refractivity contribution is -0.557. The molecule has 0 aliphatic carbocycles. The average molecular weight is 158 g/mol. The molecule has 0 amide bonds. The Morgan fingerprint density at radius 1 is 1.55 bits per heavy atom. The summed E-state index contributed by atoms with van der Waals surface area (Å²) in [6, 6.07) is 0.502. The largest absolute Gasteiger partial charge is 0.390 e. The van der Waals surface area contributed by atoms with Crippen LogP contribution in [0.2, 0.25) is 0 Å². The quantitative estimate of drug-likeness (QED) is 0.456. The summed E-state index contributed by atoms with van der Waals surface area (Å²) in [5, 5.41) is 8.63. The Labute approximate surface area is 69.6 Å². The molecule has 0 aromatic rings. The number of nitrogens with zero attached hydrogens (tertiary/aromatic N) is 1. The lowest BCUT2D eigenvalue weighted by atomic mass is 10.1. The monoisotopic (exact) mass is 158 g/mol. The summed E-state index contributed by atoms with van der Waals surface area (Å²) in [6.07, 6.45) is 3.66. The van der Waals surface area contributed by atoms with E-state index in [1.54, 1.807) is 0 Å². The molecular weight excluding hydrogens is 138 g/mol. The van der Waals surface area contributed by atoms with Crippen LogP contribution in [0.25, 0.3) is 0 Å². The van der Waals surface area contributed by atoms with Crippen molar-refractivity contribution in [2.75, 3.05) is 13.2 Å². The Morgan fingerprint density at radius 2 is 2.18 bits per heavy atom. The normalized spacial score (nSPS) is 13.0. The van der Waals surface area contributed by atoms with Gasteiger partial charge in [-0.1, -0.05) is 13.3 Å². The van der Waals surface area contributed by atoms with Gasteiger partial charge in [-0.25, -0.2) is 4.58 Å². The molecule has 2 nitrogen and oxygen atoms in total. The van der Waals surface area contributed by atoms with Crippen LogP contribution in [0.5, 0.6) is 0 Å². The molecule has 0 spiro atoms. The van der Waals surface area contributed by atoms with Crippen LogP contribution >= 0.6 is 0 Å². The van der Waals surface area contributed by atoms with E-state index in [1.165, 1.54) is 19.3 Å². The maximum Gasteiger partial charge on any atom is 0.165 e. The minimum absolute atomic E-state index is 0.208. The molecule has 0 saturated carbocycles. The van der Waals surface area contributed by atoms with Crippen molar-refractivity contribution in [2.24, 2.45) is 0 Å². The molecule has 0 rings (SSSR count). The number of aliphatic hydroxyl groups excluding tert-OH is 1. The van der Waals surface area contributed by atoms with Gasteiger partial charge >= 0.3 is 0 Å². The van der Waals surface area contributed by atoms with Gasteiger partial charge in [0.15, 0.2) is 6.54 Å². The molecule has 11 heavy (non-hydrogen) atoms. The highest BCUT2D eigenvalue weighted by Crippen LogP contribution is 2.02. The van der Waals surface area contributed by atoms with Gasteiger partial charge in [0.05, 0.1) is 0 Å². The fourth-order valence-corrected chi connectivity index (χ4v) is 1.03. The third kappa shape index (κ3) is 4.96. The van der Waals surface area contributed by atoms with Crippen molar-refractivity contribution in [1.82, 2.24) is 0 Å². The fourth-order valence-electron chi connectivity index (χ4n) is 1.03. The summed E-state index contributed by atoms with van der Waals surface area (Å²) in [7, 11) is 0. The zero-order valence-corrected chi connectivity index (χ0v) is 7.71. The topological polar surface area (TPSA) is 23.2 Å². The molecule has 0 fully saturated rings. The Bertz CT molecular complexity index is 112. The number of hydrogen-bond acceptors (Lipinski definition) is 1. The van der Waals surface area contributed by atoms with Crippen molar-refractivity contribution in [3.63, 3.8) is 0 Å². The third-order valence-corrected chi connectivity index (χ3v) is 1.99. The van der Waals surface area contributed by atoms with Gasteiger partial charge in [-0.05, 0) is 13.3 Å².